The van der Waals surface area contributed by atoms with Gasteiger partial charge in [-0.3, -0.25) is 9.10 Å². The van der Waals surface area contributed by atoms with Gasteiger partial charge in [-0.15, -0.1) is 0 Å². The van der Waals surface area contributed by atoms with Crippen molar-refractivity contribution in [2.24, 2.45) is 0 Å². The van der Waals surface area contributed by atoms with E-state index in [-0.39, 0.29) is 24.9 Å². The molecule has 2 aromatic rings. The van der Waals surface area contributed by atoms with Crippen molar-refractivity contribution in [3.05, 3.63) is 59.2 Å². The maximum atomic E-state index is 12.7. The molecule has 2 aromatic carbocycles. The monoisotopic (exact) mass is 472 g/mol. The molecule has 1 aliphatic carbocycles. The van der Waals surface area contributed by atoms with E-state index in [0.29, 0.717) is 24.5 Å². The normalized spacial score (nSPS) is 14.3. The molecule has 3 rings (SSSR count). The minimum Gasteiger partial charge on any atom is -0.494 e. The molecule has 0 aliphatic heterocycles. The van der Waals surface area contributed by atoms with Gasteiger partial charge in [-0.1, -0.05) is 25.1 Å². The lowest BCUT2D eigenvalue weighted by Crippen LogP contribution is -2.33. The van der Waals surface area contributed by atoms with Crippen LogP contribution in [0.4, 0.5) is 5.69 Å². The minimum atomic E-state index is -3.46. The van der Waals surface area contributed by atoms with E-state index in [0.717, 1.165) is 24.8 Å². The van der Waals surface area contributed by atoms with Crippen molar-refractivity contribution < 1.29 is 17.9 Å². The molecular weight excluding hydrogens is 436 g/mol. The average Bonchev–Trinajstić information content (AvgIpc) is 2.80. The molecule has 0 spiro atoms. The Morgan fingerprint density at radius 1 is 1.06 bits per heavy atom. The molecular formula is C26H36N2O4S. The third-order valence-corrected chi connectivity index (χ3v) is 7.31. The molecule has 0 heterocycles. The van der Waals surface area contributed by atoms with Gasteiger partial charge in [0.25, 0.3) is 0 Å². The summed E-state index contributed by atoms with van der Waals surface area (Å²) in [5, 5.41) is 3.14. The van der Waals surface area contributed by atoms with Gasteiger partial charge in [0.15, 0.2) is 0 Å². The highest BCUT2D eigenvalue weighted by Gasteiger charge is 2.19. The van der Waals surface area contributed by atoms with Crippen molar-refractivity contribution in [2.45, 2.75) is 64.8 Å². The van der Waals surface area contributed by atoms with Gasteiger partial charge in [-0.25, -0.2) is 8.42 Å². The lowest BCUT2D eigenvalue weighted by atomic mass is 9.89. The largest absolute Gasteiger partial charge is 0.494 e. The minimum absolute atomic E-state index is 0.0261. The van der Waals surface area contributed by atoms with E-state index in [9.17, 15) is 13.2 Å². The number of rotatable bonds is 11. The number of carbonyl (C=O) groups excluding carboxylic acids is 1. The predicted molar refractivity (Wildman–Crippen MR) is 133 cm³/mol. The molecule has 1 atom stereocenters. The fraction of sp³-hybridized carbons (Fsp3) is 0.500. The van der Waals surface area contributed by atoms with Crippen LogP contribution < -0.4 is 14.4 Å². The Balaban J connectivity index is 1.58. The zero-order chi connectivity index (χ0) is 23.8. The van der Waals surface area contributed by atoms with Crippen LogP contribution in [-0.2, 0) is 27.7 Å². The van der Waals surface area contributed by atoms with Crippen LogP contribution in [0.3, 0.4) is 0 Å². The summed E-state index contributed by atoms with van der Waals surface area (Å²) in [6, 6.07) is 13.5. The highest BCUT2D eigenvalue weighted by atomic mass is 32.2. The molecule has 0 fully saturated rings. The molecule has 180 valence electrons. The Labute approximate surface area is 198 Å². The summed E-state index contributed by atoms with van der Waals surface area (Å²) < 4.78 is 31.5. The van der Waals surface area contributed by atoms with Crippen LogP contribution in [0, 0.1) is 0 Å². The van der Waals surface area contributed by atoms with Gasteiger partial charge in [0, 0.05) is 13.0 Å². The van der Waals surface area contributed by atoms with Gasteiger partial charge in [0.1, 0.15) is 5.75 Å². The lowest BCUT2D eigenvalue weighted by molar-refractivity contribution is -0.121. The summed E-state index contributed by atoms with van der Waals surface area (Å²) in [4.78, 5) is 12.7. The molecule has 33 heavy (non-hydrogen) atoms. The van der Waals surface area contributed by atoms with Crippen LogP contribution in [0.2, 0.25) is 0 Å². The summed E-state index contributed by atoms with van der Waals surface area (Å²) in [7, 11) is -3.46. The number of fused-ring (bicyclic) bond motifs is 1. The highest BCUT2D eigenvalue weighted by Crippen LogP contribution is 2.26. The zero-order valence-electron chi connectivity index (χ0n) is 20.0. The molecule has 0 saturated heterocycles. The quantitative estimate of drug-likeness (QED) is 0.511. The molecule has 0 bridgehead atoms. The van der Waals surface area contributed by atoms with Crippen LogP contribution in [-0.4, -0.2) is 33.7 Å². The fourth-order valence-corrected chi connectivity index (χ4v) is 5.37. The Hall–Kier alpha value is -2.54. The van der Waals surface area contributed by atoms with Crippen molar-refractivity contribution in [3.63, 3.8) is 0 Å². The molecule has 0 aromatic heterocycles. The first kappa shape index (κ1) is 25.1. The van der Waals surface area contributed by atoms with Crippen molar-refractivity contribution in [1.82, 2.24) is 5.32 Å². The molecule has 6 nitrogen and oxygen atoms in total. The summed E-state index contributed by atoms with van der Waals surface area (Å²) in [5.74, 6) is 0.640. The van der Waals surface area contributed by atoms with Crippen molar-refractivity contribution >= 4 is 21.6 Å². The number of hydrogen-bond acceptors (Lipinski definition) is 4. The van der Waals surface area contributed by atoms with Gasteiger partial charge >= 0.3 is 0 Å². The average molecular weight is 473 g/mol. The molecule has 7 heteroatoms. The molecule has 1 amide bonds. The van der Waals surface area contributed by atoms with E-state index in [1.165, 1.54) is 34.5 Å². The highest BCUT2D eigenvalue weighted by molar-refractivity contribution is 7.92. The van der Waals surface area contributed by atoms with Gasteiger partial charge in [0.05, 0.1) is 24.6 Å². The number of nitrogens with zero attached hydrogens (tertiary/aromatic N) is 1. The van der Waals surface area contributed by atoms with Gasteiger partial charge in [-0.05, 0) is 86.4 Å². The van der Waals surface area contributed by atoms with Gasteiger partial charge in [0.2, 0.25) is 15.9 Å². The standard InChI is InChI=1S/C26H36N2O4S/c1-4-25(22-13-12-20-9-6-7-10-21(20)19-22)27-26(29)11-8-18-28(33(3,30)31)23-14-16-24(17-15-23)32-5-2/h12-17,19,25H,4-11,18H2,1-3H3,(H,27,29)/t25-/m0/s1. The Morgan fingerprint density at radius 3 is 2.39 bits per heavy atom. The molecule has 0 saturated carbocycles. The first-order valence-corrected chi connectivity index (χ1v) is 13.8. The van der Waals surface area contributed by atoms with E-state index < -0.39 is 10.0 Å². The summed E-state index contributed by atoms with van der Waals surface area (Å²) in [6.07, 6.45) is 7.44. The van der Waals surface area contributed by atoms with E-state index in [1.807, 2.05) is 6.92 Å². The Kier molecular flexibility index (Phi) is 8.78. The Bertz CT molecular complexity index is 1030. The van der Waals surface area contributed by atoms with Gasteiger partial charge in [-0.2, -0.15) is 0 Å². The second kappa shape index (κ2) is 11.5. The summed E-state index contributed by atoms with van der Waals surface area (Å²) in [6.45, 7) is 4.77. The summed E-state index contributed by atoms with van der Waals surface area (Å²) >= 11 is 0. The topological polar surface area (TPSA) is 75.7 Å². The van der Waals surface area contributed by atoms with Crippen molar-refractivity contribution in [3.8, 4) is 5.75 Å². The number of benzene rings is 2. The van der Waals surface area contributed by atoms with E-state index in [1.54, 1.807) is 24.3 Å². The van der Waals surface area contributed by atoms with Crippen molar-refractivity contribution in [2.75, 3.05) is 23.7 Å². The maximum Gasteiger partial charge on any atom is 0.232 e. The SMILES string of the molecule is CCOc1ccc(N(CCCC(=O)N[C@@H](CC)c2ccc3c(c2)CCCC3)S(C)(=O)=O)cc1. The number of anilines is 1. The third kappa shape index (κ3) is 6.97. The number of ether oxygens (including phenoxy) is 1. The summed E-state index contributed by atoms with van der Waals surface area (Å²) in [5.41, 5.74) is 4.56. The maximum absolute atomic E-state index is 12.7. The second-order valence-corrected chi connectivity index (χ2v) is 10.5. The number of hydrogen-bond donors (Lipinski definition) is 1. The molecule has 0 unspecified atom stereocenters. The first-order chi connectivity index (χ1) is 15.8. The third-order valence-electron chi connectivity index (χ3n) is 6.12. The number of amides is 1. The van der Waals surface area contributed by atoms with Crippen LogP contribution in [0.5, 0.6) is 5.75 Å². The van der Waals surface area contributed by atoms with Crippen molar-refractivity contribution in [1.29, 1.82) is 0 Å². The molecule has 0 radical (unpaired) electrons. The molecule has 1 aliphatic rings. The van der Waals surface area contributed by atoms with E-state index in [4.69, 9.17) is 4.74 Å². The van der Waals surface area contributed by atoms with E-state index in [2.05, 4.69) is 30.4 Å². The number of nitrogens with one attached hydrogen (secondary N) is 1. The van der Waals surface area contributed by atoms with E-state index >= 15 is 0 Å². The smallest absolute Gasteiger partial charge is 0.232 e. The number of aryl methyl sites for hydroxylation is 2. The second-order valence-electron chi connectivity index (χ2n) is 8.63. The van der Waals surface area contributed by atoms with Crippen LogP contribution >= 0.6 is 0 Å². The predicted octanol–water partition coefficient (Wildman–Crippen LogP) is 4.78. The zero-order valence-corrected chi connectivity index (χ0v) is 20.8. The number of sulfonamides is 1. The number of carbonyl (C=O) groups is 1. The molecule has 1 N–H and O–H groups in total. The fourth-order valence-electron chi connectivity index (χ4n) is 4.40. The van der Waals surface area contributed by atoms with Crippen LogP contribution in [0.25, 0.3) is 0 Å². The van der Waals surface area contributed by atoms with Gasteiger partial charge < -0.3 is 10.1 Å². The lowest BCUT2D eigenvalue weighted by Gasteiger charge is -2.23. The Morgan fingerprint density at radius 2 is 1.76 bits per heavy atom. The first-order valence-electron chi connectivity index (χ1n) is 11.9. The van der Waals surface area contributed by atoms with Crippen LogP contribution in [0.15, 0.2) is 42.5 Å². The van der Waals surface area contributed by atoms with Crippen LogP contribution in [0.1, 0.15) is 68.7 Å².